The Morgan fingerprint density at radius 1 is 1.50 bits per heavy atom. The highest BCUT2D eigenvalue weighted by Gasteiger charge is 2.28. The second kappa shape index (κ2) is 6.92. The summed E-state index contributed by atoms with van der Waals surface area (Å²) in [5.41, 5.74) is 6.31. The number of hydrogen-bond acceptors (Lipinski definition) is 5. The minimum atomic E-state index is -3.57. The van der Waals surface area contributed by atoms with E-state index in [0.29, 0.717) is 11.4 Å². The van der Waals surface area contributed by atoms with Crippen LogP contribution in [-0.4, -0.2) is 39.0 Å². The Kier molecular flexibility index (Phi) is 5.79. The van der Waals surface area contributed by atoms with Crippen molar-refractivity contribution in [3.63, 3.8) is 0 Å². The summed E-state index contributed by atoms with van der Waals surface area (Å²) < 4.78 is 28.4. The van der Waals surface area contributed by atoms with E-state index in [-0.39, 0.29) is 17.4 Å². The van der Waals surface area contributed by atoms with E-state index >= 15 is 0 Å². The molecule has 8 heteroatoms. The second-order valence-corrected chi connectivity index (χ2v) is 7.08. The minimum Gasteiger partial charge on any atom is -0.399 e. The maximum Gasteiger partial charge on any atom is 0.242 e. The smallest absolute Gasteiger partial charge is 0.242 e. The van der Waals surface area contributed by atoms with E-state index in [1.165, 1.54) is 26.2 Å². The number of benzene rings is 1. The van der Waals surface area contributed by atoms with Gasteiger partial charge in [-0.3, -0.25) is 4.79 Å². The Hall–Kier alpha value is -1.31. The Bertz CT molecular complexity index is 589. The Morgan fingerprint density at radius 2 is 2.15 bits per heavy atom. The number of rotatable bonds is 6. The minimum absolute atomic E-state index is 0.0442. The van der Waals surface area contributed by atoms with E-state index in [0.717, 1.165) is 0 Å². The molecule has 1 atom stereocenters. The van der Waals surface area contributed by atoms with E-state index in [4.69, 9.17) is 22.1 Å². The van der Waals surface area contributed by atoms with Crippen molar-refractivity contribution >= 4 is 38.7 Å². The van der Waals surface area contributed by atoms with Crippen LogP contribution in [0.1, 0.15) is 6.92 Å². The van der Waals surface area contributed by atoms with E-state index in [1.54, 1.807) is 6.07 Å². The number of nitrogen functional groups attached to an aromatic ring is 1. The molecule has 6 nitrogen and oxygen atoms in total. The zero-order valence-corrected chi connectivity index (χ0v) is 12.8. The van der Waals surface area contributed by atoms with Crippen molar-refractivity contribution in [1.29, 1.82) is 0 Å². The van der Waals surface area contributed by atoms with Gasteiger partial charge in [0.05, 0.1) is 23.1 Å². The summed E-state index contributed by atoms with van der Waals surface area (Å²) in [5, 5.41) is 1.53. The van der Waals surface area contributed by atoms with Gasteiger partial charge < -0.3 is 15.8 Å². The summed E-state index contributed by atoms with van der Waals surface area (Å²) in [7, 11) is -2.17. The average molecular weight is 321 g/mol. The highest BCUT2D eigenvalue weighted by Crippen LogP contribution is 2.24. The number of carbonyl (C=O) groups excluding carboxylic acids is 1. The van der Waals surface area contributed by atoms with E-state index in [1.807, 2.05) is 0 Å². The predicted octanol–water partition coefficient (Wildman–Crippen LogP) is 1.31. The molecule has 0 radical (unpaired) electrons. The lowest BCUT2D eigenvalue weighted by molar-refractivity contribution is -0.115. The molecule has 3 N–H and O–H groups in total. The average Bonchev–Trinajstić information content (AvgIpc) is 2.38. The van der Waals surface area contributed by atoms with Gasteiger partial charge in [-0.1, -0.05) is 11.6 Å². The zero-order valence-electron chi connectivity index (χ0n) is 11.2. The van der Waals surface area contributed by atoms with Gasteiger partial charge in [-0.05, 0) is 25.1 Å². The highest BCUT2D eigenvalue weighted by molar-refractivity contribution is 7.92. The maximum absolute atomic E-state index is 11.9. The summed E-state index contributed by atoms with van der Waals surface area (Å²) in [5.74, 6) is -0.860. The fourth-order valence-corrected chi connectivity index (χ4v) is 2.78. The number of sulfone groups is 1. The summed E-state index contributed by atoms with van der Waals surface area (Å²) in [6.45, 7) is 1.37. The predicted molar refractivity (Wildman–Crippen MR) is 79.6 cm³/mol. The molecule has 0 aliphatic rings. The molecule has 0 heterocycles. The largest absolute Gasteiger partial charge is 0.399 e. The molecular formula is C12H17ClN2O4S. The van der Waals surface area contributed by atoms with Crippen LogP contribution in [0.2, 0.25) is 5.02 Å². The number of hydrogen-bond donors (Lipinski definition) is 2. The number of nitrogens with two attached hydrogens (primary N) is 1. The molecule has 0 aliphatic carbocycles. The number of halogens is 1. The highest BCUT2D eigenvalue weighted by atomic mass is 35.5. The first-order chi connectivity index (χ1) is 9.27. The standard InChI is InChI=1S/C12H17ClN2O4S/c1-8(20(17,18)6-5-19-2)12(16)15-11-4-3-9(14)7-10(11)13/h3-4,7-8H,5-6,14H2,1-2H3,(H,15,16). The lowest BCUT2D eigenvalue weighted by atomic mass is 10.2. The third-order valence-corrected chi connectivity index (χ3v) is 5.07. The van der Waals surface area contributed by atoms with Crippen LogP contribution < -0.4 is 11.1 Å². The maximum atomic E-state index is 11.9. The number of carbonyl (C=O) groups is 1. The van der Waals surface area contributed by atoms with Crippen LogP contribution in [0.25, 0.3) is 0 Å². The lowest BCUT2D eigenvalue weighted by Crippen LogP contribution is -2.35. The van der Waals surface area contributed by atoms with Gasteiger partial charge in [0.2, 0.25) is 5.91 Å². The SMILES string of the molecule is COCCS(=O)(=O)C(C)C(=O)Nc1ccc(N)cc1Cl. The monoisotopic (exact) mass is 320 g/mol. The van der Waals surface area contributed by atoms with Gasteiger partial charge in [0.25, 0.3) is 0 Å². The Balaban J connectivity index is 2.80. The third kappa shape index (κ3) is 4.36. The van der Waals surface area contributed by atoms with Gasteiger partial charge in [0, 0.05) is 12.8 Å². The number of ether oxygens (including phenoxy) is 1. The van der Waals surface area contributed by atoms with Crippen molar-refractivity contribution < 1.29 is 17.9 Å². The first-order valence-electron chi connectivity index (χ1n) is 5.84. The molecular weight excluding hydrogens is 304 g/mol. The summed E-state index contributed by atoms with van der Waals surface area (Å²) in [6, 6.07) is 4.55. The molecule has 0 saturated carbocycles. The van der Waals surface area contributed by atoms with Crippen molar-refractivity contribution in [3.8, 4) is 0 Å². The van der Waals surface area contributed by atoms with Crippen LogP contribution in [0.3, 0.4) is 0 Å². The van der Waals surface area contributed by atoms with Crippen molar-refractivity contribution in [2.75, 3.05) is 30.5 Å². The molecule has 0 bridgehead atoms. The van der Waals surface area contributed by atoms with Crippen LogP contribution in [0.15, 0.2) is 18.2 Å². The van der Waals surface area contributed by atoms with Gasteiger partial charge in [0.15, 0.2) is 9.84 Å². The molecule has 0 aliphatic heterocycles. The zero-order chi connectivity index (χ0) is 15.3. The quantitative estimate of drug-likeness (QED) is 0.770. The van der Waals surface area contributed by atoms with Crippen molar-refractivity contribution in [3.05, 3.63) is 23.2 Å². The lowest BCUT2D eigenvalue weighted by Gasteiger charge is -2.14. The Morgan fingerprint density at radius 3 is 2.70 bits per heavy atom. The molecule has 20 heavy (non-hydrogen) atoms. The topological polar surface area (TPSA) is 98.5 Å². The fraction of sp³-hybridized carbons (Fsp3) is 0.417. The first-order valence-corrected chi connectivity index (χ1v) is 7.93. The Labute approximate surface area is 123 Å². The molecule has 0 saturated heterocycles. The molecule has 112 valence electrons. The van der Waals surface area contributed by atoms with Crippen molar-refractivity contribution in [2.24, 2.45) is 0 Å². The van der Waals surface area contributed by atoms with Crippen LogP contribution in [0, 0.1) is 0 Å². The molecule has 0 spiro atoms. The van der Waals surface area contributed by atoms with Crippen LogP contribution in [0.5, 0.6) is 0 Å². The molecule has 1 aromatic rings. The molecule has 1 aromatic carbocycles. The van der Waals surface area contributed by atoms with Gasteiger partial charge in [-0.25, -0.2) is 8.42 Å². The third-order valence-electron chi connectivity index (χ3n) is 2.73. The number of nitrogens with one attached hydrogen (secondary N) is 1. The van der Waals surface area contributed by atoms with Crippen LogP contribution in [-0.2, 0) is 19.4 Å². The second-order valence-electron chi connectivity index (χ2n) is 4.23. The van der Waals surface area contributed by atoms with Gasteiger partial charge in [0.1, 0.15) is 5.25 Å². The van der Waals surface area contributed by atoms with E-state index in [9.17, 15) is 13.2 Å². The molecule has 1 unspecified atom stereocenters. The summed E-state index contributed by atoms with van der Waals surface area (Å²) in [4.78, 5) is 11.9. The molecule has 0 fully saturated rings. The number of methoxy groups -OCH3 is 1. The summed E-state index contributed by atoms with van der Waals surface area (Å²) in [6.07, 6.45) is 0. The van der Waals surface area contributed by atoms with E-state index < -0.39 is 21.0 Å². The normalized spacial score (nSPS) is 12.9. The van der Waals surface area contributed by atoms with Gasteiger partial charge in [-0.15, -0.1) is 0 Å². The fourth-order valence-electron chi connectivity index (χ4n) is 1.41. The molecule has 0 aromatic heterocycles. The van der Waals surface area contributed by atoms with Crippen LogP contribution in [0.4, 0.5) is 11.4 Å². The van der Waals surface area contributed by atoms with Crippen molar-refractivity contribution in [2.45, 2.75) is 12.2 Å². The van der Waals surface area contributed by atoms with Crippen molar-refractivity contribution in [1.82, 2.24) is 0 Å². The summed E-state index contributed by atoms with van der Waals surface area (Å²) >= 11 is 5.91. The number of anilines is 2. The van der Waals surface area contributed by atoms with Gasteiger partial charge >= 0.3 is 0 Å². The van der Waals surface area contributed by atoms with Gasteiger partial charge in [-0.2, -0.15) is 0 Å². The van der Waals surface area contributed by atoms with E-state index in [2.05, 4.69) is 5.32 Å². The molecule has 1 amide bonds. The number of amides is 1. The first kappa shape index (κ1) is 16.7. The molecule has 1 rings (SSSR count). The van der Waals surface area contributed by atoms with Crippen LogP contribution >= 0.6 is 11.6 Å².